The van der Waals surface area contributed by atoms with Gasteiger partial charge in [0.25, 0.3) is 0 Å². The number of carbonyl (C=O) groups is 1. The number of hydrogen-bond donors (Lipinski definition) is 0. The van der Waals surface area contributed by atoms with Crippen molar-refractivity contribution in [2.45, 2.75) is 120 Å². The normalized spacial score (nSPS) is 19.1. The highest BCUT2D eigenvalue weighted by molar-refractivity contribution is 5.78. The predicted octanol–water partition coefficient (Wildman–Crippen LogP) is 7.10. The number of unbranched alkanes of at least 4 members (excludes halogenated alkanes) is 1. The second-order valence-electron chi connectivity index (χ2n) is 10.4. The van der Waals surface area contributed by atoms with Gasteiger partial charge in [0, 0.05) is 31.1 Å². The monoisotopic (exact) mass is 424 g/mol. The van der Waals surface area contributed by atoms with E-state index in [1.165, 1.54) is 25.7 Å². The van der Waals surface area contributed by atoms with Crippen LogP contribution in [0.15, 0.2) is 0 Å². The summed E-state index contributed by atoms with van der Waals surface area (Å²) < 4.78 is 0. The first-order valence-corrected chi connectivity index (χ1v) is 13.0. The zero-order valence-electron chi connectivity index (χ0n) is 22.5. The van der Waals surface area contributed by atoms with Crippen molar-refractivity contribution in [2.75, 3.05) is 20.1 Å². The molecule has 0 spiro atoms. The topological polar surface area (TPSA) is 23.6 Å². The summed E-state index contributed by atoms with van der Waals surface area (Å²) in [5, 5.41) is 0. The highest BCUT2D eigenvalue weighted by Gasteiger charge is 2.28. The average Bonchev–Trinajstić information content (AvgIpc) is 2.74. The van der Waals surface area contributed by atoms with Crippen LogP contribution in [0.25, 0.3) is 0 Å². The van der Waals surface area contributed by atoms with Gasteiger partial charge < -0.3 is 9.80 Å². The van der Waals surface area contributed by atoms with E-state index in [-0.39, 0.29) is 5.92 Å². The molecule has 0 radical (unpaired) electrons. The van der Waals surface area contributed by atoms with Crippen LogP contribution in [0.3, 0.4) is 0 Å². The molecule has 0 rings (SSSR count). The van der Waals surface area contributed by atoms with Crippen LogP contribution in [0.4, 0.5) is 0 Å². The van der Waals surface area contributed by atoms with Gasteiger partial charge in [0.15, 0.2) is 0 Å². The number of rotatable bonds is 16. The van der Waals surface area contributed by atoms with Crippen molar-refractivity contribution in [3.05, 3.63) is 0 Å². The fourth-order valence-electron chi connectivity index (χ4n) is 4.58. The fraction of sp³-hybridized carbons (Fsp3) is 0.963. The zero-order valence-corrected chi connectivity index (χ0v) is 22.5. The molecule has 0 aliphatic heterocycles. The molecule has 0 aromatic heterocycles. The molecule has 0 aromatic rings. The Morgan fingerprint density at radius 3 is 1.90 bits per heavy atom. The van der Waals surface area contributed by atoms with Gasteiger partial charge in [-0.25, -0.2) is 0 Å². The molecule has 0 bridgehead atoms. The first kappa shape index (κ1) is 29.4. The van der Waals surface area contributed by atoms with E-state index in [2.05, 4.69) is 86.1 Å². The maximum atomic E-state index is 13.2. The summed E-state index contributed by atoms with van der Waals surface area (Å²) in [5.41, 5.74) is 0. The minimum absolute atomic E-state index is 0.105. The molecular weight excluding hydrogens is 368 g/mol. The average molecular weight is 425 g/mol. The summed E-state index contributed by atoms with van der Waals surface area (Å²) in [7, 11) is 2.21. The van der Waals surface area contributed by atoms with Gasteiger partial charge in [0.1, 0.15) is 0 Å². The third kappa shape index (κ3) is 9.71. The molecule has 0 aliphatic rings. The number of nitrogens with zero attached hydrogens (tertiary/aromatic N) is 2. The maximum Gasteiger partial charge on any atom is 0.225 e. The summed E-state index contributed by atoms with van der Waals surface area (Å²) in [4.78, 5) is 17.8. The molecule has 7 atom stereocenters. The quantitative estimate of drug-likeness (QED) is 0.264. The molecule has 2 unspecified atom stereocenters. The van der Waals surface area contributed by atoms with Gasteiger partial charge in [0.05, 0.1) is 0 Å². The van der Waals surface area contributed by atoms with Crippen LogP contribution in [0.5, 0.6) is 0 Å². The molecule has 0 saturated carbocycles. The Bertz CT molecular complexity index is 452. The van der Waals surface area contributed by atoms with Crippen molar-refractivity contribution in [3.63, 3.8) is 0 Å². The summed E-state index contributed by atoms with van der Waals surface area (Å²) in [6.45, 7) is 24.6. The Balaban J connectivity index is 4.74. The highest BCUT2D eigenvalue weighted by Crippen LogP contribution is 2.31. The standard InChI is InChI=1S/C27H56N2O/c1-12-15-16-20(4)25(9)21(5)19-22(6)26(10)27(30)29(14-3)18-17-24(8)28(11)23(7)13-2/h20-26H,12-19H2,1-11H3/t20-,21-,22+,23?,24+,25-,26?/m0/s1. The number of hydrogen-bond acceptors (Lipinski definition) is 2. The van der Waals surface area contributed by atoms with Gasteiger partial charge in [-0.3, -0.25) is 4.79 Å². The van der Waals surface area contributed by atoms with Gasteiger partial charge >= 0.3 is 0 Å². The molecule has 0 heterocycles. The van der Waals surface area contributed by atoms with E-state index in [4.69, 9.17) is 0 Å². The van der Waals surface area contributed by atoms with Crippen LogP contribution < -0.4 is 0 Å². The second kappa shape index (κ2) is 15.3. The largest absolute Gasteiger partial charge is 0.343 e. The Morgan fingerprint density at radius 2 is 1.40 bits per heavy atom. The Labute approximate surface area is 190 Å². The minimum Gasteiger partial charge on any atom is -0.343 e. The molecule has 0 saturated heterocycles. The van der Waals surface area contributed by atoms with Crippen molar-refractivity contribution >= 4 is 5.91 Å². The fourth-order valence-corrected chi connectivity index (χ4v) is 4.58. The summed E-state index contributed by atoms with van der Waals surface area (Å²) >= 11 is 0. The molecule has 1 amide bonds. The molecule has 30 heavy (non-hydrogen) atoms. The summed E-state index contributed by atoms with van der Waals surface area (Å²) in [5.74, 6) is 3.05. The minimum atomic E-state index is 0.105. The van der Waals surface area contributed by atoms with Crippen molar-refractivity contribution in [2.24, 2.45) is 29.6 Å². The van der Waals surface area contributed by atoms with E-state index in [0.717, 1.165) is 37.8 Å². The Morgan fingerprint density at radius 1 is 0.800 bits per heavy atom. The third-order valence-electron chi connectivity index (χ3n) is 8.29. The van der Waals surface area contributed by atoms with Crippen LogP contribution in [0.2, 0.25) is 0 Å². The van der Waals surface area contributed by atoms with Gasteiger partial charge in [-0.1, -0.05) is 67.7 Å². The van der Waals surface area contributed by atoms with Crippen LogP contribution in [0.1, 0.15) is 108 Å². The van der Waals surface area contributed by atoms with E-state index < -0.39 is 0 Å². The van der Waals surface area contributed by atoms with Gasteiger partial charge in [-0.05, 0) is 70.8 Å². The van der Waals surface area contributed by atoms with E-state index >= 15 is 0 Å². The number of amides is 1. The lowest BCUT2D eigenvalue weighted by Crippen LogP contribution is -2.42. The lowest BCUT2D eigenvalue weighted by molar-refractivity contribution is -0.136. The third-order valence-corrected chi connectivity index (χ3v) is 8.29. The van der Waals surface area contributed by atoms with Gasteiger partial charge in [-0.2, -0.15) is 0 Å². The highest BCUT2D eigenvalue weighted by atomic mass is 16.2. The molecule has 3 heteroatoms. The lowest BCUT2D eigenvalue weighted by Gasteiger charge is -2.34. The molecule has 0 N–H and O–H groups in total. The summed E-state index contributed by atoms with van der Waals surface area (Å²) in [6.07, 6.45) is 7.31. The first-order chi connectivity index (χ1) is 14.0. The van der Waals surface area contributed by atoms with E-state index in [9.17, 15) is 4.79 Å². The smallest absolute Gasteiger partial charge is 0.225 e. The van der Waals surface area contributed by atoms with Crippen LogP contribution in [0, 0.1) is 29.6 Å². The van der Waals surface area contributed by atoms with Gasteiger partial charge in [-0.15, -0.1) is 0 Å². The number of carbonyl (C=O) groups excluding carboxylic acids is 1. The van der Waals surface area contributed by atoms with Crippen molar-refractivity contribution in [1.29, 1.82) is 0 Å². The molecule has 180 valence electrons. The van der Waals surface area contributed by atoms with Crippen molar-refractivity contribution < 1.29 is 4.79 Å². The van der Waals surface area contributed by atoms with Crippen LogP contribution >= 0.6 is 0 Å². The lowest BCUT2D eigenvalue weighted by atomic mass is 9.76. The first-order valence-electron chi connectivity index (χ1n) is 13.0. The Hall–Kier alpha value is -0.570. The zero-order chi connectivity index (χ0) is 23.4. The second-order valence-corrected chi connectivity index (χ2v) is 10.4. The molecule has 0 aromatic carbocycles. The SMILES string of the molecule is CCCC[C@H](C)[C@H](C)[C@@H](C)C[C@@H](C)C(C)C(=O)N(CC)CC[C@@H](C)N(C)C(C)CC. The van der Waals surface area contributed by atoms with Crippen molar-refractivity contribution in [3.8, 4) is 0 Å². The van der Waals surface area contributed by atoms with E-state index in [1.807, 2.05) is 0 Å². The summed E-state index contributed by atoms with van der Waals surface area (Å²) in [6, 6.07) is 1.09. The van der Waals surface area contributed by atoms with Gasteiger partial charge in [0.2, 0.25) is 5.91 Å². The van der Waals surface area contributed by atoms with Crippen LogP contribution in [-0.4, -0.2) is 47.9 Å². The maximum absolute atomic E-state index is 13.2. The predicted molar refractivity (Wildman–Crippen MR) is 134 cm³/mol. The van der Waals surface area contributed by atoms with E-state index in [0.29, 0.717) is 29.8 Å². The molecular formula is C27H56N2O. The molecule has 0 aliphatic carbocycles. The molecule has 3 nitrogen and oxygen atoms in total. The van der Waals surface area contributed by atoms with Crippen molar-refractivity contribution in [1.82, 2.24) is 9.80 Å². The molecule has 0 fully saturated rings. The van der Waals surface area contributed by atoms with E-state index in [1.54, 1.807) is 0 Å². The van der Waals surface area contributed by atoms with Crippen LogP contribution in [-0.2, 0) is 4.79 Å². The Kier molecular flexibility index (Phi) is 15.0.